The number of aryl methyl sites for hydroxylation is 1. The third-order valence-corrected chi connectivity index (χ3v) is 3.17. The molecular formula is C13H19ClN2O2. The molecule has 2 N–H and O–H groups in total. The van der Waals surface area contributed by atoms with Gasteiger partial charge in [0, 0.05) is 31.2 Å². The van der Waals surface area contributed by atoms with Gasteiger partial charge in [0.2, 0.25) is 0 Å². The number of hydrogen-bond donors (Lipinski definition) is 2. The van der Waals surface area contributed by atoms with Crippen molar-refractivity contribution in [1.29, 1.82) is 0 Å². The van der Waals surface area contributed by atoms with E-state index in [1.54, 1.807) is 6.07 Å². The maximum atomic E-state index is 10.4. The Hall–Kier alpha value is -1.10. The third-order valence-electron chi connectivity index (χ3n) is 2.76. The average molecular weight is 271 g/mol. The molecule has 18 heavy (non-hydrogen) atoms. The highest BCUT2D eigenvalue weighted by Crippen LogP contribution is 2.16. The van der Waals surface area contributed by atoms with Gasteiger partial charge in [-0.25, -0.2) is 4.79 Å². The van der Waals surface area contributed by atoms with E-state index in [1.807, 2.05) is 6.92 Å². The van der Waals surface area contributed by atoms with Gasteiger partial charge in [0.25, 0.3) is 0 Å². The Labute approximate surface area is 113 Å². The van der Waals surface area contributed by atoms with Crippen LogP contribution in [-0.2, 0) is 0 Å². The highest BCUT2D eigenvalue weighted by atomic mass is 35.5. The number of aromatic carboxylic acids is 1. The van der Waals surface area contributed by atoms with Crippen molar-refractivity contribution in [2.24, 2.45) is 0 Å². The molecule has 0 unspecified atom stereocenters. The van der Waals surface area contributed by atoms with Crippen molar-refractivity contribution in [3.05, 3.63) is 34.3 Å². The first-order valence-corrected chi connectivity index (χ1v) is 6.27. The Bertz CT molecular complexity index is 404. The molecule has 4 nitrogen and oxygen atoms in total. The topological polar surface area (TPSA) is 52.6 Å². The van der Waals surface area contributed by atoms with Crippen molar-refractivity contribution < 1.29 is 9.90 Å². The lowest BCUT2D eigenvalue weighted by molar-refractivity contribution is 0.0697. The maximum absolute atomic E-state index is 10.4. The molecule has 0 aromatic heterocycles. The van der Waals surface area contributed by atoms with Crippen molar-refractivity contribution >= 4 is 17.6 Å². The number of nitrogens with zero attached hydrogens (tertiary/aromatic N) is 1. The molecule has 1 saturated heterocycles. The van der Waals surface area contributed by atoms with Gasteiger partial charge in [-0.15, -0.1) is 0 Å². The van der Waals surface area contributed by atoms with Crippen LogP contribution in [0.4, 0.5) is 0 Å². The number of carboxylic acid groups (broad SMARTS) is 1. The second-order valence-corrected chi connectivity index (χ2v) is 4.73. The summed E-state index contributed by atoms with van der Waals surface area (Å²) in [5.74, 6) is -0.952. The zero-order valence-corrected chi connectivity index (χ0v) is 11.5. The molecule has 1 aromatic carbocycles. The lowest BCUT2D eigenvalue weighted by Gasteiger charge is -2.21. The van der Waals surface area contributed by atoms with E-state index >= 15 is 0 Å². The minimum atomic E-state index is -0.952. The van der Waals surface area contributed by atoms with E-state index in [2.05, 4.69) is 17.3 Å². The van der Waals surface area contributed by atoms with Crippen LogP contribution in [0.2, 0.25) is 5.02 Å². The SMILES string of the molecule is CN1CCNCC1.Cc1ccc(C(=O)O)cc1Cl. The van der Waals surface area contributed by atoms with E-state index in [0.717, 1.165) is 18.7 Å². The Morgan fingerprint density at radius 1 is 1.39 bits per heavy atom. The van der Waals surface area contributed by atoms with Gasteiger partial charge in [0.05, 0.1) is 5.56 Å². The van der Waals surface area contributed by atoms with Crippen LogP contribution in [0.15, 0.2) is 18.2 Å². The summed E-state index contributed by atoms with van der Waals surface area (Å²) in [5.41, 5.74) is 1.11. The van der Waals surface area contributed by atoms with Crippen molar-refractivity contribution in [3.8, 4) is 0 Å². The second kappa shape index (κ2) is 7.36. The molecule has 1 aliphatic heterocycles. The largest absolute Gasteiger partial charge is 0.478 e. The van der Waals surface area contributed by atoms with Gasteiger partial charge in [0.1, 0.15) is 0 Å². The number of piperazine rings is 1. The van der Waals surface area contributed by atoms with E-state index < -0.39 is 5.97 Å². The normalized spacial score (nSPS) is 15.7. The summed E-state index contributed by atoms with van der Waals surface area (Å²) in [4.78, 5) is 12.7. The van der Waals surface area contributed by atoms with E-state index in [1.165, 1.54) is 25.2 Å². The monoisotopic (exact) mass is 270 g/mol. The van der Waals surface area contributed by atoms with E-state index in [0.29, 0.717) is 5.02 Å². The molecule has 1 heterocycles. The van der Waals surface area contributed by atoms with Gasteiger partial charge in [-0.2, -0.15) is 0 Å². The zero-order chi connectivity index (χ0) is 13.5. The van der Waals surface area contributed by atoms with Gasteiger partial charge in [-0.3, -0.25) is 0 Å². The van der Waals surface area contributed by atoms with Crippen LogP contribution in [0.5, 0.6) is 0 Å². The standard InChI is InChI=1S/C8H7ClO2.C5H12N2/c1-5-2-3-6(8(10)11)4-7(5)9;1-7-4-2-6-3-5-7/h2-4H,1H3,(H,10,11);6H,2-5H2,1H3. The minimum absolute atomic E-state index is 0.223. The number of benzene rings is 1. The first kappa shape index (κ1) is 15.0. The van der Waals surface area contributed by atoms with Crippen LogP contribution in [-0.4, -0.2) is 49.2 Å². The van der Waals surface area contributed by atoms with Crippen LogP contribution < -0.4 is 5.32 Å². The average Bonchev–Trinajstić information content (AvgIpc) is 2.34. The van der Waals surface area contributed by atoms with Gasteiger partial charge in [0.15, 0.2) is 0 Å². The van der Waals surface area contributed by atoms with Crippen LogP contribution in [0.25, 0.3) is 0 Å². The molecule has 5 heteroatoms. The number of likely N-dealkylation sites (N-methyl/N-ethyl adjacent to an activating group) is 1. The summed E-state index contributed by atoms with van der Waals surface area (Å²) in [7, 11) is 2.15. The molecule has 0 aliphatic carbocycles. The minimum Gasteiger partial charge on any atom is -0.478 e. The third kappa shape index (κ3) is 5.04. The zero-order valence-electron chi connectivity index (χ0n) is 10.7. The molecule has 0 atom stereocenters. The Morgan fingerprint density at radius 2 is 2.00 bits per heavy atom. The summed E-state index contributed by atoms with van der Waals surface area (Å²) < 4.78 is 0. The molecule has 0 radical (unpaired) electrons. The van der Waals surface area contributed by atoms with Crippen molar-refractivity contribution in [2.75, 3.05) is 33.2 Å². The number of carboxylic acids is 1. The van der Waals surface area contributed by atoms with Crippen molar-refractivity contribution in [1.82, 2.24) is 10.2 Å². The first-order valence-electron chi connectivity index (χ1n) is 5.89. The predicted molar refractivity (Wildman–Crippen MR) is 73.5 cm³/mol. The number of hydrogen-bond acceptors (Lipinski definition) is 3. The van der Waals surface area contributed by atoms with Crippen LogP contribution in [0.1, 0.15) is 15.9 Å². The molecule has 0 amide bonds. The highest BCUT2D eigenvalue weighted by Gasteiger charge is 2.03. The van der Waals surface area contributed by atoms with Crippen molar-refractivity contribution in [3.63, 3.8) is 0 Å². The summed E-state index contributed by atoms with van der Waals surface area (Å²) in [6.07, 6.45) is 0. The lowest BCUT2D eigenvalue weighted by Crippen LogP contribution is -2.40. The molecule has 1 aromatic rings. The number of rotatable bonds is 1. The van der Waals surface area contributed by atoms with Crippen LogP contribution >= 0.6 is 11.6 Å². The molecule has 0 spiro atoms. The molecule has 1 fully saturated rings. The molecule has 100 valence electrons. The van der Waals surface area contributed by atoms with Crippen LogP contribution in [0.3, 0.4) is 0 Å². The van der Waals surface area contributed by atoms with Gasteiger partial charge in [-0.05, 0) is 31.7 Å². The fraction of sp³-hybridized carbons (Fsp3) is 0.462. The molecule has 0 bridgehead atoms. The van der Waals surface area contributed by atoms with Crippen LogP contribution in [0, 0.1) is 6.92 Å². The molecule has 1 aliphatic rings. The first-order chi connectivity index (χ1) is 8.50. The summed E-state index contributed by atoms with van der Waals surface area (Å²) in [5, 5.41) is 12.3. The molecule has 0 saturated carbocycles. The summed E-state index contributed by atoms with van der Waals surface area (Å²) >= 11 is 5.69. The number of carbonyl (C=O) groups is 1. The maximum Gasteiger partial charge on any atom is 0.335 e. The smallest absolute Gasteiger partial charge is 0.335 e. The fourth-order valence-corrected chi connectivity index (χ4v) is 1.68. The Kier molecular flexibility index (Phi) is 6.12. The number of nitrogens with one attached hydrogen (secondary N) is 1. The molecule has 2 rings (SSSR count). The Morgan fingerprint density at radius 3 is 2.39 bits per heavy atom. The fourth-order valence-electron chi connectivity index (χ4n) is 1.50. The summed E-state index contributed by atoms with van der Waals surface area (Å²) in [6, 6.07) is 4.66. The second-order valence-electron chi connectivity index (χ2n) is 4.32. The lowest BCUT2D eigenvalue weighted by atomic mass is 10.1. The predicted octanol–water partition coefficient (Wildman–Crippen LogP) is 1.87. The van der Waals surface area contributed by atoms with Gasteiger partial charge >= 0.3 is 5.97 Å². The van der Waals surface area contributed by atoms with E-state index in [4.69, 9.17) is 16.7 Å². The van der Waals surface area contributed by atoms with E-state index in [9.17, 15) is 4.79 Å². The Balaban J connectivity index is 0.000000199. The quantitative estimate of drug-likeness (QED) is 0.818. The van der Waals surface area contributed by atoms with Gasteiger partial charge < -0.3 is 15.3 Å². The van der Waals surface area contributed by atoms with Crippen molar-refractivity contribution in [2.45, 2.75) is 6.92 Å². The van der Waals surface area contributed by atoms with Gasteiger partial charge in [-0.1, -0.05) is 17.7 Å². The van der Waals surface area contributed by atoms with E-state index in [-0.39, 0.29) is 5.56 Å². The highest BCUT2D eigenvalue weighted by molar-refractivity contribution is 6.31. The molecular weight excluding hydrogens is 252 g/mol. The summed E-state index contributed by atoms with van der Waals surface area (Å²) in [6.45, 7) is 6.57. The number of halogens is 1.